The summed E-state index contributed by atoms with van der Waals surface area (Å²) in [5, 5.41) is 0.265. The Kier molecular flexibility index (Phi) is 5.09. The summed E-state index contributed by atoms with van der Waals surface area (Å²) in [5.74, 6) is -0.316. The van der Waals surface area contributed by atoms with E-state index in [1.54, 1.807) is 6.07 Å². The molecule has 0 radical (unpaired) electrons. The number of piperidine rings is 1. The summed E-state index contributed by atoms with van der Waals surface area (Å²) in [5.41, 5.74) is 5.34. The van der Waals surface area contributed by atoms with Gasteiger partial charge in [0, 0.05) is 25.0 Å². The van der Waals surface area contributed by atoms with E-state index in [9.17, 15) is 13.2 Å². The quantitative estimate of drug-likeness (QED) is 0.843. The number of amides is 1. The highest BCUT2D eigenvalue weighted by Gasteiger charge is 2.42. The number of hydrogen-bond donors (Lipinski definition) is 1. The molecule has 0 unspecified atom stereocenters. The third-order valence-corrected chi connectivity index (χ3v) is 7.58. The van der Waals surface area contributed by atoms with Crippen LogP contribution < -0.4 is 5.73 Å². The highest BCUT2D eigenvalue weighted by atomic mass is 35.5. The number of likely N-dealkylation sites (tertiary alicyclic amines) is 1. The van der Waals surface area contributed by atoms with Crippen molar-refractivity contribution in [3.63, 3.8) is 0 Å². The van der Waals surface area contributed by atoms with Gasteiger partial charge < -0.3 is 5.73 Å². The molecule has 0 atom stereocenters. The van der Waals surface area contributed by atoms with E-state index in [1.165, 1.54) is 16.4 Å². The first-order valence-corrected chi connectivity index (χ1v) is 9.98. The van der Waals surface area contributed by atoms with Crippen LogP contribution in [0.1, 0.15) is 12.8 Å². The number of halogens is 2. The average Bonchev–Trinajstić information content (AvgIpc) is 2.45. The molecule has 1 aromatic rings. The van der Waals surface area contributed by atoms with Gasteiger partial charge in [-0.1, -0.05) is 29.3 Å². The van der Waals surface area contributed by atoms with Crippen molar-refractivity contribution in [3.05, 3.63) is 28.2 Å². The molecular formula is C15H19Cl2N3O3S. The van der Waals surface area contributed by atoms with Crippen LogP contribution in [-0.4, -0.2) is 55.8 Å². The van der Waals surface area contributed by atoms with E-state index < -0.39 is 10.0 Å². The normalized spacial score (nSPS) is 21.6. The lowest BCUT2D eigenvalue weighted by atomic mass is 9.94. The van der Waals surface area contributed by atoms with E-state index in [2.05, 4.69) is 4.90 Å². The standard InChI is InChI=1S/C15H19Cl2N3O3S/c16-12-2-1-3-13(17)14(12)24(22,23)20-8-11(9-20)19-6-4-10(5-7-19)15(18)21/h1-3,10-11H,4-9H2,(H2,18,21). The van der Waals surface area contributed by atoms with Gasteiger partial charge in [-0.05, 0) is 38.1 Å². The van der Waals surface area contributed by atoms with E-state index >= 15 is 0 Å². The number of hydrogen-bond acceptors (Lipinski definition) is 4. The van der Waals surface area contributed by atoms with Crippen LogP contribution in [0.2, 0.25) is 10.0 Å². The number of rotatable bonds is 4. The zero-order valence-corrected chi connectivity index (χ0v) is 15.3. The largest absolute Gasteiger partial charge is 0.369 e. The highest BCUT2D eigenvalue weighted by molar-refractivity contribution is 7.89. The maximum Gasteiger partial charge on any atom is 0.246 e. The number of sulfonamides is 1. The molecule has 0 aliphatic carbocycles. The lowest BCUT2D eigenvalue weighted by Crippen LogP contribution is -2.62. The fourth-order valence-electron chi connectivity index (χ4n) is 3.25. The number of benzene rings is 1. The lowest BCUT2D eigenvalue weighted by Gasteiger charge is -2.46. The Bertz CT molecular complexity index is 722. The smallest absolute Gasteiger partial charge is 0.246 e. The zero-order valence-electron chi connectivity index (χ0n) is 13.0. The Morgan fingerprint density at radius 1 is 1.12 bits per heavy atom. The molecule has 6 nitrogen and oxygen atoms in total. The summed E-state index contributed by atoms with van der Waals surface area (Å²) in [6.07, 6.45) is 1.46. The molecule has 0 aromatic heterocycles. The molecule has 2 aliphatic rings. The maximum absolute atomic E-state index is 12.7. The van der Waals surface area contributed by atoms with Crippen LogP contribution in [0.3, 0.4) is 0 Å². The Hall–Kier alpha value is -0.860. The first-order valence-electron chi connectivity index (χ1n) is 7.78. The van der Waals surface area contributed by atoms with E-state index in [0.29, 0.717) is 13.1 Å². The van der Waals surface area contributed by atoms with Crippen LogP contribution in [0.5, 0.6) is 0 Å². The van der Waals surface area contributed by atoms with Crippen LogP contribution in [0.25, 0.3) is 0 Å². The van der Waals surface area contributed by atoms with Crippen molar-refractivity contribution in [3.8, 4) is 0 Å². The molecule has 2 saturated heterocycles. The first kappa shape index (κ1) is 17.9. The highest BCUT2D eigenvalue weighted by Crippen LogP contribution is 2.34. The maximum atomic E-state index is 12.7. The van der Waals surface area contributed by atoms with Gasteiger partial charge in [-0.2, -0.15) is 4.31 Å². The number of primary amides is 1. The number of carbonyl (C=O) groups is 1. The van der Waals surface area contributed by atoms with Crippen molar-refractivity contribution in [2.24, 2.45) is 11.7 Å². The van der Waals surface area contributed by atoms with Gasteiger partial charge in [0.05, 0.1) is 10.0 Å². The minimum absolute atomic E-state index is 0.0285. The van der Waals surface area contributed by atoms with E-state index in [0.717, 1.165) is 25.9 Å². The zero-order chi connectivity index (χ0) is 17.5. The van der Waals surface area contributed by atoms with Crippen molar-refractivity contribution in [1.29, 1.82) is 0 Å². The van der Waals surface area contributed by atoms with Crippen molar-refractivity contribution in [1.82, 2.24) is 9.21 Å². The molecular weight excluding hydrogens is 373 g/mol. The van der Waals surface area contributed by atoms with Crippen LogP contribution in [0.15, 0.2) is 23.1 Å². The average molecular weight is 392 g/mol. The molecule has 2 N–H and O–H groups in total. The molecule has 132 valence electrons. The third kappa shape index (κ3) is 3.28. The van der Waals surface area contributed by atoms with Crippen molar-refractivity contribution >= 4 is 39.1 Å². The van der Waals surface area contributed by atoms with Gasteiger partial charge in [0.25, 0.3) is 0 Å². The van der Waals surface area contributed by atoms with E-state index in [4.69, 9.17) is 28.9 Å². The van der Waals surface area contributed by atoms with Gasteiger partial charge in [-0.15, -0.1) is 0 Å². The van der Waals surface area contributed by atoms with Crippen molar-refractivity contribution in [2.45, 2.75) is 23.8 Å². The summed E-state index contributed by atoms with van der Waals surface area (Å²) < 4.78 is 26.8. The minimum Gasteiger partial charge on any atom is -0.369 e. The Labute approximate surface area is 151 Å². The van der Waals surface area contributed by atoms with Gasteiger partial charge in [-0.25, -0.2) is 8.42 Å². The fraction of sp³-hybridized carbons (Fsp3) is 0.533. The molecule has 0 saturated carbocycles. The summed E-state index contributed by atoms with van der Waals surface area (Å²) in [4.78, 5) is 13.4. The number of carbonyl (C=O) groups excluding carboxylic acids is 1. The fourth-order valence-corrected chi connectivity index (χ4v) is 5.86. The first-order chi connectivity index (χ1) is 11.3. The molecule has 9 heteroatoms. The number of nitrogens with zero attached hydrogens (tertiary/aromatic N) is 2. The predicted molar refractivity (Wildman–Crippen MR) is 92.5 cm³/mol. The van der Waals surface area contributed by atoms with Gasteiger partial charge in [-0.3, -0.25) is 9.69 Å². The van der Waals surface area contributed by atoms with Crippen LogP contribution >= 0.6 is 23.2 Å². The molecule has 2 heterocycles. The predicted octanol–water partition coefficient (Wildman–Crippen LogP) is 1.56. The molecule has 2 fully saturated rings. The Balaban J connectivity index is 1.63. The second-order valence-corrected chi connectivity index (χ2v) is 8.93. The summed E-state index contributed by atoms with van der Waals surface area (Å²) in [6, 6.07) is 4.82. The SMILES string of the molecule is NC(=O)C1CCN(C2CN(S(=O)(=O)c3c(Cl)cccc3Cl)C2)CC1. The summed E-state index contributed by atoms with van der Waals surface area (Å²) >= 11 is 12.1. The van der Waals surface area contributed by atoms with Crippen LogP contribution in [-0.2, 0) is 14.8 Å². The molecule has 0 spiro atoms. The second-order valence-electron chi connectivity index (χ2n) is 6.24. The van der Waals surface area contributed by atoms with Crippen molar-refractivity contribution in [2.75, 3.05) is 26.2 Å². The molecule has 0 bridgehead atoms. The summed E-state index contributed by atoms with van der Waals surface area (Å²) in [7, 11) is -3.69. The van der Waals surface area contributed by atoms with Gasteiger partial charge >= 0.3 is 0 Å². The topological polar surface area (TPSA) is 83.7 Å². The van der Waals surface area contributed by atoms with Crippen LogP contribution in [0.4, 0.5) is 0 Å². The van der Waals surface area contributed by atoms with Gasteiger partial charge in [0.1, 0.15) is 4.90 Å². The Morgan fingerprint density at radius 3 is 2.17 bits per heavy atom. The summed E-state index contributed by atoms with van der Waals surface area (Å²) in [6.45, 7) is 2.34. The van der Waals surface area contributed by atoms with E-state index in [-0.39, 0.29) is 32.8 Å². The molecule has 1 aromatic carbocycles. The molecule has 2 aliphatic heterocycles. The molecule has 24 heavy (non-hydrogen) atoms. The number of nitrogens with two attached hydrogens (primary N) is 1. The Morgan fingerprint density at radius 2 is 1.67 bits per heavy atom. The third-order valence-electron chi connectivity index (χ3n) is 4.79. The monoisotopic (exact) mass is 391 g/mol. The lowest BCUT2D eigenvalue weighted by molar-refractivity contribution is -0.123. The van der Waals surface area contributed by atoms with Gasteiger partial charge in [0.2, 0.25) is 15.9 Å². The van der Waals surface area contributed by atoms with Crippen LogP contribution in [0, 0.1) is 5.92 Å². The molecule has 1 amide bonds. The minimum atomic E-state index is -3.69. The van der Waals surface area contributed by atoms with Crippen molar-refractivity contribution < 1.29 is 13.2 Å². The molecule has 3 rings (SSSR count). The van der Waals surface area contributed by atoms with Gasteiger partial charge in [0.15, 0.2) is 0 Å². The van der Waals surface area contributed by atoms with E-state index in [1.807, 2.05) is 0 Å². The second kappa shape index (κ2) is 6.80.